The summed E-state index contributed by atoms with van der Waals surface area (Å²) >= 11 is 10.5. The zero-order chi connectivity index (χ0) is 22.7. The maximum atomic E-state index is 13.2. The van der Waals surface area contributed by atoms with Crippen molar-refractivity contribution in [3.63, 3.8) is 0 Å². The molecule has 0 radical (unpaired) electrons. The van der Waals surface area contributed by atoms with Crippen LogP contribution >= 0.6 is 36.6 Å². The van der Waals surface area contributed by atoms with Crippen LogP contribution in [-0.2, 0) is 14.4 Å². The van der Waals surface area contributed by atoms with Crippen LogP contribution in [0.15, 0.2) is 35.8 Å². The van der Waals surface area contributed by atoms with E-state index in [2.05, 4.69) is 40.4 Å². The Morgan fingerprint density at radius 1 is 1.25 bits per heavy atom. The van der Waals surface area contributed by atoms with Gasteiger partial charge in [-0.1, -0.05) is 0 Å². The number of carboxylic acid groups (broad SMARTS) is 1. The second-order valence-electron chi connectivity index (χ2n) is 8.02. The van der Waals surface area contributed by atoms with Gasteiger partial charge in [-0.2, -0.15) is 25.3 Å². The van der Waals surface area contributed by atoms with Crippen molar-refractivity contribution < 1.29 is 19.5 Å². The minimum absolute atomic E-state index is 0.0498. The smallest absolute Gasteiger partial charge is 0.352 e. The molecule has 166 valence electrons. The number of thiol groups is 2. The molecule has 1 unspecified atom stereocenters. The number of nitrogens with zero attached hydrogens (tertiary/aromatic N) is 5. The van der Waals surface area contributed by atoms with Crippen molar-refractivity contribution in [3.8, 4) is 0 Å². The maximum absolute atomic E-state index is 13.2. The predicted molar refractivity (Wildman–Crippen MR) is 121 cm³/mol. The van der Waals surface area contributed by atoms with Crippen molar-refractivity contribution in [1.29, 1.82) is 0 Å². The van der Waals surface area contributed by atoms with Crippen LogP contribution in [0, 0.1) is 12.8 Å². The highest BCUT2D eigenvalue weighted by atomic mass is 32.1. The highest BCUT2D eigenvalue weighted by Crippen LogP contribution is 2.51. The molecule has 12 heteroatoms. The molecule has 3 aliphatic rings. The Bertz CT molecular complexity index is 1150. The molecule has 2 aromatic heterocycles. The number of amides is 2. The van der Waals surface area contributed by atoms with Gasteiger partial charge in [0, 0.05) is 24.9 Å². The number of aryl methyl sites for hydroxylation is 1. The molecule has 0 saturated carbocycles. The zero-order valence-electron chi connectivity index (χ0n) is 16.8. The average Bonchev–Trinajstić information content (AvgIpc) is 3.38. The second kappa shape index (κ2) is 7.85. The molecular weight excluding hydrogens is 470 g/mol. The number of hydrogen-bond acceptors (Lipinski definition) is 9. The molecule has 5 rings (SSSR count). The lowest BCUT2D eigenvalue weighted by atomic mass is 9.78. The molecule has 0 aromatic carbocycles. The summed E-state index contributed by atoms with van der Waals surface area (Å²) in [4.78, 5) is 45.3. The summed E-state index contributed by atoms with van der Waals surface area (Å²) in [7, 11) is 0. The standard InChI is InChI=1S/C20H19N5O4S3/c1-8-22-23-17(32-8)16(31)11-6-10-7-24(19(27)15(30)9-2-4-21-5-3-9)14-12(10)25(18(14)26)13(11)20(28)29/h2-5,10,12,14-16,30-31H,6-7H2,1H3,(H,28,29)/t10-,12-,14+,15?,16+/m1/s1. The third-order valence-electron chi connectivity index (χ3n) is 6.24. The summed E-state index contributed by atoms with van der Waals surface area (Å²) in [6.45, 7) is 2.16. The van der Waals surface area contributed by atoms with Crippen molar-refractivity contribution in [1.82, 2.24) is 25.0 Å². The predicted octanol–water partition coefficient (Wildman–Crippen LogP) is 1.66. The molecule has 5 atom stereocenters. The van der Waals surface area contributed by atoms with Crippen LogP contribution in [0.4, 0.5) is 0 Å². The molecule has 32 heavy (non-hydrogen) atoms. The Labute approximate surface area is 198 Å². The van der Waals surface area contributed by atoms with Crippen LogP contribution in [0.25, 0.3) is 0 Å². The van der Waals surface area contributed by atoms with Crippen LogP contribution in [0.1, 0.15) is 32.5 Å². The minimum atomic E-state index is -1.18. The van der Waals surface area contributed by atoms with E-state index in [0.717, 1.165) is 5.01 Å². The number of aromatic nitrogens is 3. The van der Waals surface area contributed by atoms with Gasteiger partial charge in [0.05, 0.1) is 11.3 Å². The van der Waals surface area contributed by atoms with Crippen molar-refractivity contribution in [2.45, 2.75) is 35.9 Å². The van der Waals surface area contributed by atoms with Gasteiger partial charge in [0.25, 0.3) is 5.91 Å². The maximum Gasteiger partial charge on any atom is 0.352 e. The lowest BCUT2D eigenvalue weighted by Gasteiger charge is -2.50. The number of β-lactam (4-membered cyclic amide) rings is 1. The first-order chi connectivity index (χ1) is 15.3. The molecular formula is C20H19N5O4S3. The largest absolute Gasteiger partial charge is 0.477 e. The molecule has 2 amide bonds. The Morgan fingerprint density at radius 2 is 1.97 bits per heavy atom. The summed E-state index contributed by atoms with van der Waals surface area (Å²) in [6.07, 6.45) is 3.59. The van der Waals surface area contributed by atoms with Gasteiger partial charge in [-0.05, 0) is 36.6 Å². The summed E-state index contributed by atoms with van der Waals surface area (Å²) < 4.78 is 0. The number of likely N-dealkylation sites (tertiary alicyclic amines) is 1. The number of rotatable bonds is 5. The van der Waals surface area contributed by atoms with E-state index in [-0.39, 0.29) is 29.5 Å². The number of aliphatic carboxylic acids is 1. The molecule has 0 bridgehead atoms. The fraction of sp³-hybridized carbons (Fsp3) is 0.400. The summed E-state index contributed by atoms with van der Waals surface area (Å²) in [6, 6.07) is 2.41. The van der Waals surface area contributed by atoms with Crippen molar-refractivity contribution >= 4 is 54.4 Å². The molecule has 2 fully saturated rings. The van der Waals surface area contributed by atoms with E-state index in [1.165, 1.54) is 16.2 Å². The van der Waals surface area contributed by atoms with Gasteiger partial charge in [-0.25, -0.2) is 4.79 Å². The number of carbonyl (C=O) groups is 3. The summed E-state index contributed by atoms with van der Waals surface area (Å²) in [5.41, 5.74) is 1.17. The molecule has 9 nitrogen and oxygen atoms in total. The van der Waals surface area contributed by atoms with Crippen LogP contribution in [0.3, 0.4) is 0 Å². The van der Waals surface area contributed by atoms with E-state index in [4.69, 9.17) is 0 Å². The van der Waals surface area contributed by atoms with Crippen LogP contribution < -0.4 is 0 Å². The average molecular weight is 490 g/mol. The quantitative estimate of drug-likeness (QED) is 0.432. The van der Waals surface area contributed by atoms with Crippen molar-refractivity contribution in [2.24, 2.45) is 5.92 Å². The minimum Gasteiger partial charge on any atom is -0.477 e. The van der Waals surface area contributed by atoms with Crippen LogP contribution in [0.5, 0.6) is 0 Å². The molecule has 2 saturated heterocycles. The van der Waals surface area contributed by atoms with E-state index in [1.54, 1.807) is 29.4 Å². The van der Waals surface area contributed by atoms with Crippen molar-refractivity contribution in [3.05, 3.63) is 51.4 Å². The Morgan fingerprint density at radius 3 is 2.59 bits per heavy atom. The molecule has 3 aliphatic heterocycles. The number of carbonyl (C=O) groups excluding carboxylic acids is 2. The van der Waals surface area contributed by atoms with Gasteiger partial charge in [0.15, 0.2) is 0 Å². The Kier molecular flexibility index (Phi) is 5.25. The van der Waals surface area contributed by atoms with Gasteiger partial charge in [0.1, 0.15) is 27.0 Å². The third-order valence-corrected chi connectivity index (χ3v) is 8.39. The Balaban J connectivity index is 1.46. The normalized spacial score (nSPS) is 26.0. The van der Waals surface area contributed by atoms with E-state index >= 15 is 0 Å². The van der Waals surface area contributed by atoms with Crippen molar-refractivity contribution in [2.75, 3.05) is 6.54 Å². The first-order valence-corrected chi connectivity index (χ1v) is 11.8. The third kappa shape index (κ3) is 3.15. The lowest BCUT2D eigenvalue weighted by molar-refractivity contribution is -0.160. The first-order valence-electron chi connectivity index (χ1n) is 9.95. The fourth-order valence-corrected chi connectivity index (χ4v) is 6.34. The highest BCUT2D eigenvalue weighted by Gasteiger charge is 2.64. The number of pyridine rings is 1. The molecule has 0 spiro atoms. The van der Waals surface area contributed by atoms with E-state index < -0.39 is 22.5 Å². The number of carboxylic acids is 1. The van der Waals surface area contributed by atoms with Crippen LogP contribution in [0.2, 0.25) is 0 Å². The van der Waals surface area contributed by atoms with Gasteiger partial charge < -0.3 is 10.0 Å². The fourth-order valence-electron chi connectivity index (χ4n) is 4.86. The molecule has 2 aromatic rings. The Hall–Kier alpha value is -2.44. The molecule has 1 N–H and O–H groups in total. The summed E-state index contributed by atoms with van der Waals surface area (Å²) in [5, 5.41) is 18.1. The van der Waals surface area contributed by atoms with Gasteiger partial charge in [0.2, 0.25) is 5.91 Å². The molecule has 0 aliphatic carbocycles. The first kappa shape index (κ1) is 21.4. The molecule has 5 heterocycles. The van der Waals surface area contributed by atoms with Gasteiger partial charge in [-0.3, -0.25) is 19.5 Å². The van der Waals surface area contributed by atoms with Gasteiger partial charge >= 0.3 is 5.97 Å². The SMILES string of the molecule is Cc1nnc([C@@H](S)C2=C(C(=O)O)N3C(=O)[C@@H]4[C@H]3[C@H](C2)CN4C(=O)C(S)c2ccncc2)s1. The van der Waals surface area contributed by atoms with Crippen LogP contribution in [-0.4, -0.2) is 66.5 Å². The van der Waals surface area contributed by atoms with E-state index in [9.17, 15) is 19.5 Å². The van der Waals surface area contributed by atoms with E-state index in [1.807, 2.05) is 6.92 Å². The summed E-state index contributed by atoms with van der Waals surface area (Å²) in [5.74, 6) is -1.92. The zero-order valence-corrected chi connectivity index (χ0v) is 19.4. The number of hydrogen-bond donors (Lipinski definition) is 3. The topological polar surface area (TPSA) is 117 Å². The lowest BCUT2D eigenvalue weighted by Crippen LogP contribution is -2.69. The van der Waals surface area contributed by atoms with Gasteiger partial charge in [-0.15, -0.1) is 21.5 Å². The monoisotopic (exact) mass is 489 g/mol. The van der Waals surface area contributed by atoms with E-state index in [0.29, 0.717) is 29.1 Å². The second-order valence-corrected chi connectivity index (χ2v) is 10.3. The highest BCUT2D eigenvalue weighted by molar-refractivity contribution is 7.81.